The van der Waals surface area contributed by atoms with Crippen molar-refractivity contribution in [3.8, 4) is 22.3 Å². The maximum absolute atomic E-state index is 6.73. The molecule has 0 unspecified atom stereocenters. The lowest BCUT2D eigenvalue weighted by Gasteiger charge is -2.17. The van der Waals surface area contributed by atoms with E-state index < -0.39 is 0 Å². The third-order valence-corrected chi connectivity index (χ3v) is 8.96. The summed E-state index contributed by atoms with van der Waals surface area (Å²) in [5.74, 6) is 0. The van der Waals surface area contributed by atoms with Crippen molar-refractivity contribution in [2.75, 3.05) is 0 Å². The van der Waals surface area contributed by atoms with Gasteiger partial charge in [0.1, 0.15) is 27.9 Å². The second kappa shape index (κ2) is 8.37. The van der Waals surface area contributed by atoms with E-state index in [4.69, 9.17) is 13.3 Å². The van der Waals surface area contributed by atoms with Crippen LogP contribution in [0.3, 0.4) is 0 Å². The highest BCUT2D eigenvalue weighted by molar-refractivity contribution is 6.25. The maximum Gasteiger partial charge on any atom is 0.146 e. The minimum absolute atomic E-state index is 0.829. The zero-order valence-corrected chi connectivity index (χ0v) is 22.9. The van der Waals surface area contributed by atoms with Crippen LogP contribution in [-0.4, -0.2) is 0 Å². The largest absolute Gasteiger partial charge is 0.464 e. The Labute approximate surface area is 245 Å². The van der Waals surface area contributed by atoms with Crippen LogP contribution in [0, 0.1) is 0 Å². The van der Waals surface area contributed by atoms with Crippen LogP contribution in [0.2, 0.25) is 0 Å². The van der Waals surface area contributed by atoms with Crippen molar-refractivity contribution < 1.29 is 13.3 Å². The number of fused-ring (bicyclic) bond motifs is 10. The molecule has 0 radical (unpaired) electrons. The van der Waals surface area contributed by atoms with Crippen LogP contribution in [0.25, 0.3) is 98.6 Å². The molecule has 0 saturated heterocycles. The highest BCUT2D eigenvalue weighted by Crippen LogP contribution is 2.47. The van der Waals surface area contributed by atoms with Crippen molar-refractivity contribution >= 4 is 76.4 Å². The molecule has 0 amide bonds. The molecule has 0 saturated carbocycles. The predicted molar refractivity (Wildman–Crippen MR) is 177 cm³/mol. The van der Waals surface area contributed by atoms with Crippen molar-refractivity contribution in [2.24, 2.45) is 0 Å². The van der Waals surface area contributed by atoms with Gasteiger partial charge in [0.2, 0.25) is 0 Å². The van der Waals surface area contributed by atoms with Gasteiger partial charge in [0.25, 0.3) is 0 Å². The summed E-state index contributed by atoms with van der Waals surface area (Å²) in [7, 11) is 0. The fraction of sp³-hybridized carbons (Fsp3) is 0. The molecule has 10 aromatic rings. The average molecular weight is 551 g/mol. The summed E-state index contributed by atoms with van der Waals surface area (Å²) in [6.45, 7) is 0. The average Bonchev–Trinajstić information content (AvgIpc) is 3.78. The van der Waals surface area contributed by atoms with Gasteiger partial charge in [-0.1, -0.05) is 91.0 Å². The molecule has 3 heteroatoms. The second-order valence-electron chi connectivity index (χ2n) is 11.2. The quantitative estimate of drug-likeness (QED) is 0.201. The van der Waals surface area contributed by atoms with Gasteiger partial charge in [-0.3, -0.25) is 0 Å². The molecule has 3 aromatic heterocycles. The number of hydrogen-bond acceptors (Lipinski definition) is 3. The fourth-order valence-corrected chi connectivity index (χ4v) is 7.11. The number of hydrogen-bond donors (Lipinski definition) is 0. The van der Waals surface area contributed by atoms with Crippen molar-refractivity contribution in [1.82, 2.24) is 0 Å². The summed E-state index contributed by atoms with van der Waals surface area (Å²) >= 11 is 0. The first-order valence-electron chi connectivity index (χ1n) is 14.5. The minimum Gasteiger partial charge on any atom is -0.464 e. The van der Waals surface area contributed by atoms with Gasteiger partial charge in [0.05, 0.1) is 11.6 Å². The molecular weight excluding hydrogens is 528 g/mol. The molecule has 200 valence electrons. The van der Waals surface area contributed by atoms with Crippen LogP contribution in [0.1, 0.15) is 0 Å². The van der Waals surface area contributed by atoms with Gasteiger partial charge in [-0.05, 0) is 69.1 Å². The normalized spacial score (nSPS) is 12.2. The molecule has 7 aromatic carbocycles. The van der Waals surface area contributed by atoms with E-state index in [1.54, 1.807) is 6.26 Å². The smallest absolute Gasteiger partial charge is 0.146 e. The van der Waals surface area contributed by atoms with Crippen molar-refractivity contribution in [1.29, 1.82) is 0 Å². The van der Waals surface area contributed by atoms with E-state index >= 15 is 0 Å². The first-order chi connectivity index (χ1) is 21.3. The van der Waals surface area contributed by atoms with Gasteiger partial charge in [0, 0.05) is 32.7 Å². The Balaban J connectivity index is 1.32. The first-order valence-corrected chi connectivity index (χ1v) is 14.5. The highest BCUT2D eigenvalue weighted by atomic mass is 16.3. The Morgan fingerprint density at radius 3 is 1.77 bits per heavy atom. The lowest BCUT2D eigenvalue weighted by molar-refractivity contribution is 0.615. The number of rotatable bonds is 2. The Kier molecular flexibility index (Phi) is 4.45. The van der Waals surface area contributed by atoms with Crippen LogP contribution < -0.4 is 0 Å². The molecule has 0 aliphatic carbocycles. The number of para-hydroxylation sites is 2. The van der Waals surface area contributed by atoms with Crippen LogP contribution in [-0.2, 0) is 0 Å². The predicted octanol–water partition coefficient (Wildman–Crippen LogP) is 11.9. The topological polar surface area (TPSA) is 39.4 Å². The van der Waals surface area contributed by atoms with E-state index in [2.05, 4.69) is 103 Å². The lowest BCUT2D eigenvalue weighted by atomic mass is 9.85. The summed E-state index contributed by atoms with van der Waals surface area (Å²) in [6.07, 6.45) is 1.72. The Morgan fingerprint density at radius 1 is 0.349 bits per heavy atom. The summed E-state index contributed by atoms with van der Waals surface area (Å²) in [5.41, 5.74) is 8.97. The van der Waals surface area contributed by atoms with Crippen molar-refractivity contribution in [3.63, 3.8) is 0 Å². The van der Waals surface area contributed by atoms with Gasteiger partial charge >= 0.3 is 0 Å². The zero-order valence-electron chi connectivity index (χ0n) is 22.9. The molecule has 0 spiro atoms. The molecule has 0 bridgehead atoms. The molecule has 3 nitrogen and oxygen atoms in total. The SMILES string of the molecule is c1ccc2c(c1)oc1cc(-c3c4ccccc4c(-c4cccc5c4oc4c6ccoc6ccc54)c4ccccc34)ccc12. The Morgan fingerprint density at radius 2 is 0.977 bits per heavy atom. The van der Waals surface area contributed by atoms with E-state index in [0.29, 0.717) is 0 Å². The Hall–Kier alpha value is -5.80. The van der Waals surface area contributed by atoms with Crippen LogP contribution in [0.5, 0.6) is 0 Å². The third kappa shape index (κ3) is 3.08. The summed E-state index contributed by atoms with van der Waals surface area (Å²) in [6, 6.07) is 44.9. The molecule has 0 aliphatic rings. The molecule has 0 N–H and O–H groups in total. The second-order valence-corrected chi connectivity index (χ2v) is 11.2. The van der Waals surface area contributed by atoms with Crippen LogP contribution in [0.15, 0.2) is 147 Å². The molecule has 10 rings (SSSR count). The summed E-state index contributed by atoms with van der Waals surface area (Å²) < 4.78 is 18.7. The van der Waals surface area contributed by atoms with Gasteiger partial charge in [-0.25, -0.2) is 0 Å². The molecule has 0 aliphatic heterocycles. The molecular formula is C40H22O3. The molecule has 0 atom stereocenters. The molecule has 0 fully saturated rings. The molecule has 43 heavy (non-hydrogen) atoms. The number of benzene rings is 7. The third-order valence-electron chi connectivity index (χ3n) is 8.96. The van der Waals surface area contributed by atoms with Gasteiger partial charge < -0.3 is 13.3 Å². The molecule has 3 heterocycles. The Bertz CT molecular complexity index is 2680. The minimum atomic E-state index is 0.829. The van der Waals surface area contributed by atoms with Crippen molar-refractivity contribution in [2.45, 2.75) is 0 Å². The van der Waals surface area contributed by atoms with E-state index in [1.807, 2.05) is 24.3 Å². The van der Waals surface area contributed by atoms with E-state index in [9.17, 15) is 0 Å². The van der Waals surface area contributed by atoms with Gasteiger partial charge in [-0.15, -0.1) is 0 Å². The van der Waals surface area contributed by atoms with E-state index in [0.717, 1.165) is 66.0 Å². The summed E-state index contributed by atoms with van der Waals surface area (Å²) in [4.78, 5) is 0. The van der Waals surface area contributed by atoms with Gasteiger partial charge in [0.15, 0.2) is 0 Å². The van der Waals surface area contributed by atoms with Crippen molar-refractivity contribution in [3.05, 3.63) is 134 Å². The van der Waals surface area contributed by atoms with Gasteiger partial charge in [-0.2, -0.15) is 0 Å². The summed E-state index contributed by atoms with van der Waals surface area (Å²) in [5, 5.41) is 10.2. The zero-order chi connectivity index (χ0) is 28.1. The standard InChI is InChI=1S/C40H22O3/c1-3-11-28-26(9-1)37(23-16-17-25-24-8-5-6-15-35(24)42-36(25)22-23)27-10-2-4-12-29(27)38(28)33-14-7-13-30-31-18-19-34-32(20-21-41-34)39(31)43-40(30)33/h1-22H. The fourth-order valence-electron chi connectivity index (χ4n) is 7.11. The lowest BCUT2D eigenvalue weighted by Crippen LogP contribution is -1.91. The first kappa shape index (κ1) is 22.8. The van der Waals surface area contributed by atoms with E-state index in [1.165, 1.54) is 32.7 Å². The maximum atomic E-state index is 6.73. The number of furan rings is 3. The highest BCUT2D eigenvalue weighted by Gasteiger charge is 2.21. The monoisotopic (exact) mass is 550 g/mol. The van der Waals surface area contributed by atoms with Crippen LogP contribution in [0.4, 0.5) is 0 Å². The van der Waals surface area contributed by atoms with Crippen LogP contribution >= 0.6 is 0 Å². The van der Waals surface area contributed by atoms with E-state index in [-0.39, 0.29) is 0 Å².